The van der Waals surface area contributed by atoms with Crippen molar-refractivity contribution in [3.63, 3.8) is 0 Å². The average Bonchev–Trinajstić information content (AvgIpc) is 2.77. The number of rotatable bonds is 6. The average molecular weight is 367 g/mol. The molecule has 1 N–H and O–H groups in total. The highest BCUT2D eigenvalue weighted by atomic mass is 35.5. The SMILES string of the molecule is CNCCCC(=O)N1CCOC(Cn2nc(C)cc2C)C1.Cl.Cl. The molecule has 2 heterocycles. The summed E-state index contributed by atoms with van der Waals surface area (Å²) >= 11 is 0. The number of carbonyl (C=O) groups excluding carboxylic acids is 1. The predicted molar refractivity (Wildman–Crippen MR) is 95.7 cm³/mol. The van der Waals surface area contributed by atoms with Gasteiger partial charge in [0.05, 0.1) is 24.9 Å². The lowest BCUT2D eigenvalue weighted by Gasteiger charge is -2.33. The maximum Gasteiger partial charge on any atom is 0.222 e. The molecule has 8 heteroatoms. The van der Waals surface area contributed by atoms with E-state index in [9.17, 15) is 4.79 Å². The van der Waals surface area contributed by atoms with Crippen LogP contribution in [0.5, 0.6) is 0 Å². The van der Waals surface area contributed by atoms with Gasteiger partial charge in [-0.2, -0.15) is 5.10 Å². The number of amides is 1. The Labute approximate surface area is 150 Å². The van der Waals surface area contributed by atoms with E-state index in [1.807, 2.05) is 30.5 Å². The Bertz CT molecular complexity index is 482. The second-order valence-electron chi connectivity index (χ2n) is 5.65. The number of nitrogens with one attached hydrogen (secondary N) is 1. The number of aryl methyl sites for hydroxylation is 2. The van der Waals surface area contributed by atoms with Crippen LogP contribution < -0.4 is 5.32 Å². The summed E-state index contributed by atoms with van der Waals surface area (Å²) in [4.78, 5) is 14.1. The van der Waals surface area contributed by atoms with Crippen LogP contribution in [0, 0.1) is 13.8 Å². The van der Waals surface area contributed by atoms with Crippen molar-refractivity contribution in [2.75, 3.05) is 33.3 Å². The van der Waals surface area contributed by atoms with E-state index in [4.69, 9.17) is 4.74 Å². The van der Waals surface area contributed by atoms with Crippen LogP contribution in [0.2, 0.25) is 0 Å². The van der Waals surface area contributed by atoms with E-state index in [-0.39, 0.29) is 36.8 Å². The molecule has 1 atom stereocenters. The third-order valence-corrected chi connectivity index (χ3v) is 3.79. The number of halogens is 2. The fourth-order valence-corrected chi connectivity index (χ4v) is 2.68. The van der Waals surface area contributed by atoms with Gasteiger partial charge in [0.1, 0.15) is 0 Å². The first-order valence-electron chi connectivity index (χ1n) is 7.65. The molecule has 1 amide bonds. The second kappa shape index (κ2) is 10.9. The van der Waals surface area contributed by atoms with Gasteiger partial charge < -0.3 is 15.0 Å². The Morgan fingerprint density at radius 1 is 1.43 bits per heavy atom. The minimum Gasteiger partial charge on any atom is -0.373 e. The first-order chi connectivity index (χ1) is 10.1. The van der Waals surface area contributed by atoms with Crippen molar-refractivity contribution in [3.8, 4) is 0 Å². The summed E-state index contributed by atoms with van der Waals surface area (Å²) in [6, 6.07) is 2.06. The summed E-state index contributed by atoms with van der Waals surface area (Å²) in [7, 11) is 1.91. The second-order valence-corrected chi connectivity index (χ2v) is 5.65. The van der Waals surface area contributed by atoms with Gasteiger partial charge in [0.15, 0.2) is 0 Å². The van der Waals surface area contributed by atoms with Crippen LogP contribution in [0.15, 0.2) is 6.07 Å². The molecule has 0 aliphatic carbocycles. The maximum absolute atomic E-state index is 12.2. The van der Waals surface area contributed by atoms with Gasteiger partial charge in [-0.15, -0.1) is 24.8 Å². The molecule has 2 rings (SSSR count). The molecule has 0 aromatic carbocycles. The maximum atomic E-state index is 12.2. The Hall–Kier alpha value is -0.820. The lowest BCUT2D eigenvalue weighted by molar-refractivity contribution is -0.139. The van der Waals surface area contributed by atoms with Gasteiger partial charge in [-0.05, 0) is 39.9 Å². The van der Waals surface area contributed by atoms with Gasteiger partial charge in [0, 0.05) is 25.2 Å². The van der Waals surface area contributed by atoms with E-state index in [1.54, 1.807) is 0 Å². The molecule has 23 heavy (non-hydrogen) atoms. The highest BCUT2D eigenvalue weighted by Crippen LogP contribution is 2.11. The summed E-state index contributed by atoms with van der Waals surface area (Å²) in [5, 5.41) is 7.53. The highest BCUT2D eigenvalue weighted by Gasteiger charge is 2.24. The highest BCUT2D eigenvalue weighted by molar-refractivity contribution is 5.85. The number of nitrogens with zero attached hydrogens (tertiary/aromatic N) is 3. The lowest BCUT2D eigenvalue weighted by atomic mass is 10.2. The van der Waals surface area contributed by atoms with Crippen molar-refractivity contribution in [1.29, 1.82) is 0 Å². The molecule has 1 fully saturated rings. The fourth-order valence-electron chi connectivity index (χ4n) is 2.68. The van der Waals surface area contributed by atoms with Crippen LogP contribution in [0.1, 0.15) is 24.2 Å². The molecule has 0 bridgehead atoms. The third kappa shape index (κ3) is 6.67. The predicted octanol–water partition coefficient (Wildman–Crippen LogP) is 1.57. The first kappa shape index (κ1) is 22.2. The Morgan fingerprint density at radius 2 is 2.17 bits per heavy atom. The molecule has 0 spiro atoms. The van der Waals surface area contributed by atoms with Gasteiger partial charge in [-0.25, -0.2) is 0 Å². The molecule has 1 aromatic heterocycles. The summed E-state index contributed by atoms with van der Waals surface area (Å²) in [5.74, 6) is 0.229. The van der Waals surface area contributed by atoms with E-state index < -0.39 is 0 Å². The van der Waals surface area contributed by atoms with Gasteiger partial charge in [0.25, 0.3) is 0 Å². The number of morpholine rings is 1. The van der Waals surface area contributed by atoms with Crippen LogP contribution in [0.25, 0.3) is 0 Å². The Kier molecular flexibility index (Phi) is 10.5. The minimum atomic E-state index is 0. The van der Waals surface area contributed by atoms with E-state index in [1.165, 1.54) is 0 Å². The van der Waals surface area contributed by atoms with E-state index >= 15 is 0 Å². The van der Waals surface area contributed by atoms with Crippen LogP contribution in [-0.4, -0.2) is 60.0 Å². The van der Waals surface area contributed by atoms with Crippen molar-refractivity contribution in [2.24, 2.45) is 0 Å². The number of hydrogen-bond donors (Lipinski definition) is 1. The van der Waals surface area contributed by atoms with E-state index in [2.05, 4.69) is 16.5 Å². The van der Waals surface area contributed by atoms with Gasteiger partial charge in [-0.3, -0.25) is 9.48 Å². The molecule has 1 aliphatic heterocycles. The van der Waals surface area contributed by atoms with Crippen LogP contribution in [0.3, 0.4) is 0 Å². The number of ether oxygens (including phenoxy) is 1. The normalized spacial score (nSPS) is 17.3. The van der Waals surface area contributed by atoms with Crippen molar-refractivity contribution in [1.82, 2.24) is 20.0 Å². The van der Waals surface area contributed by atoms with Crippen molar-refractivity contribution < 1.29 is 9.53 Å². The van der Waals surface area contributed by atoms with Crippen LogP contribution in [0.4, 0.5) is 0 Å². The summed E-state index contributed by atoms with van der Waals surface area (Å²) < 4.78 is 7.75. The third-order valence-electron chi connectivity index (χ3n) is 3.79. The molecule has 1 aromatic rings. The molecular weight excluding hydrogens is 339 g/mol. The Balaban J connectivity index is 0.00000242. The smallest absolute Gasteiger partial charge is 0.222 e. The zero-order valence-corrected chi connectivity index (χ0v) is 15.7. The summed E-state index contributed by atoms with van der Waals surface area (Å²) in [6.45, 7) is 7.60. The van der Waals surface area contributed by atoms with Crippen molar-refractivity contribution in [2.45, 2.75) is 39.3 Å². The van der Waals surface area contributed by atoms with E-state index in [0.29, 0.717) is 32.7 Å². The quantitative estimate of drug-likeness (QED) is 0.776. The monoisotopic (exact) mass is 366 g/mol. The molecule has 1 saturated heterocycles. The molecule has 134 valence electrons. The van der Waals surface area contributed by atoms with Crippen molar-refractivity contribution in [3.05, 3.63) is 17.5 Å². The molecule has 1 unspecified atom stereocenters. The van der Waals surface area contributed by atoms with Gasteiger partial charge in [-0.1, -0.05) is 0 Å². The van der Waals surface area contributed by atoms with Crippen LogP contribution >= 0.6 is 24.8 Å². The standard InChI is InChI=1S/C15H26N4O2.2ClH/c1-12-9-13(2)19(17-12)11-14-10-18(7-8-21-14)15(20)5-4-6-16-3;;/h9,14,16H,4-8,10-11H2,1-3H3;2*1H. The summed E-state index contributed by atoms with van der Waals surface area (Å²) in [5.41, 5.74) is 2.15. The number of carbonyl (C=O) groups is 1. The number of hydrogen-bond acceptors (Lipinski definition) is 4. The van der Waals surface area contributed by atoms with E-state index in [0.717, 1.165) is 24.4 Å². The molecular formula is C15H28Cl2N4O2. The first-order valence-corrected chi connectivity index (χ1v) is 7.65. The zero-order valence-electron chi connectivity index (χ0n) is 14.1. The topological polar surface area (TPSA) is 59.4 Å². The fraction of sp³-hybridized carbons (Fsp3) is 0.733. The Morgan fingerprint density at radius 3 is 2.78 bits per heavy atom. The number of aromatic nitrogens is 2. The van der Waals surface area contributed by atoms with Gasteiger partial charge in [0.2, 0.25) is 5.91 Å². The largest absolute Gasteiger partial charge is 0.373 e. The minimum absolute atomic E-state index is 0. The van der Waals surface area contributed by atoms with Gasteiger partial charge >= 0.3 is 0 Å². The molecule has 1 aliphatic rings. The molecule has 6 nitrogen and oxygen atoms in total. The summed E-state index contributed by atoms with van der Waals surface area (Å²) in [6.07, 6.45) is 1.52. The molecule has 0 radical (unpaired) electrons. The molecule has 0 saturated carbocycles. The van der Waals surface area contributed by atoms with Crippen LogP contribution in [-0.2, 0) is 16.1 Å². The lowest BCUT2D eigenvalue weighted by Crippen LogP contribution is -2.47. The zero-order chi connectivity index (χ0) is 15.2. The van der Waals surface area contributed by atoms with Crippen molar-refractivity contribution >= 4 is 30.7 Å².